The van der Waals surface area contributed by atoms with Gasteiger partial charge < -0.3 is 49.5 Å². The molecule has 63 heavy (non-hydrogen) atoms. The number of methoxy groups -OCH3 is 1. The zero-order valence-corrected chi connectivity index (χ0v) is 38.6. The number of rotatable bonds is 29. The second-order valence-corrected chi connectivity index (χ2v) is 17.9. The van der Waals surface area contributed by atoms with Crippen LogP contribution in [0.1, 0.15) is 122 Å². The Bertz CT molecular complexity index is 1330. The molecule has 364 valence electrons. The number of aliphatic hydroxyl groups excluding tert-OH is 3. The van der Waals surface area contributed by atoms with Gasteiger partial charge in [0.15, 0.2) is 5.79 Å². The van der Waals surface area contributed by atoms with Gasteiger partial charge in [0.05, 0.1) is 26.3 Å². The summed E-state index contributed by atoms with van der Waals surface area (Å²) < 4.78 is 17.2. The van der Waals surface area contributed by atoms with Crippen LogP contribution in [0.25, 0.3) is 0 Å². The summed E-state index contributed by atoms with van der Waals surface area (Å²) >= 11 is 0. The Morgan fingerprint density at radius 3 is 1.44 bits per heavy atom. The smallest absolute Gasteiger partial charge is 0.317 e. The number of imide groups is 1. The zero-order valence-electron chi connectivity index (χ0n) is 38.6. The number of unbranched alkanes of at least 4 members (excludes halogenated alkanes) is 14. The third-order valence-corrected chi connectivity index (χ3v) is 12.7. The molecular weight excluding hydrogens is 815 g/mol. The van der Waals surface area contributed by atoms with Crippen LogP contribution in [0.5, 0.6) is 0 Å². The first-order valence-electron chi connectivity index (χ1n) is 24.0. The van der Waals surface area contributed by atoms with Gasteiger partial charge in [-0.15, -0.1) is 0 Å². The van der Waals surface area contributed by atoms with Crippen LogP contribution in [0.2, 0.25) is 0 Å². The van der Waals surface area contributed by atoms with E-state index in [9.17, 15) is 44.7 Å². The molecule has 0 bridgehead atoms. The van der Waals surface area contributed by atoms with Crippen molar-refractivity contribution in [3.63, 3.8) is 0 Å². The topological polar surface area (TPSA) is 213 Å². The van der Waals surface area contributed by atoms with Crippen molar-refractivity contribution in [3.8, 4) is 0 Å². The molecule has 2 amide bonds. The lowest BCUT2D eigenvalue weighted by atomic mass is 9.93. The molecule has 3 heterocycles. The highest BCUT2D eigenvalue weighted by molar-refractivity contribution is 6.12. The number of amides is 2. The second kappa shape index (κ2) is 31.4. The van der Waals surface area contributed by atoms with Crippen molar-refractivity contribution in [3.05, 3.63) is 12.2 Å². The predicted octanol–water partition coefficient (Wildman–Crippen LogP) is 3.18. The molecule has 5 atom stereocenters. The van der Waals surface area contributed by atoms with E-state index in [2.05, 4.69) is 19.6 Å². The average Bonchev–Trinajstić information content (AvgIpc) is 3.56. The summed E-state index contributed by atoms with van der Waals surface area (Å²) in [4.78, 5) is 57.3. The number of carbonyl (C=O) groups is 4. The Kier molecular flexibility index (Phi) is 27.3. The summed E-state index contributed by atoms with van der Waals surface area (Å²) in [6, 6.07) is 0. The van der Waals surface area contributed by atoms with Gasteiger partial charge in [0, 0.05) is 65.1 Å². The molecule has 0 aromatic rings. The Morgan fingerprint density at radius 1 is 0.619 bits per heavy atom. The van der Waals surface area contributed by atoms with Crippen molar-refractivity contribution in [2.75, 3.05) is 105 Å². The normalized spacial score (nSPS) is 25.5. The molecule has 17 nitrogen and oxygen atoms in total. The van der Waals surface area contributed by atoms with Crippen LogP contribution < -0.4 is 0 Å². The molecule has 0 aliphatic carbocycles. The fraction of sp³-hybridized carbons (Fsp3) is 0.870. The van der Waals surface area contributed by atoms with Crippen LogP contribution in [-0.4, -0.2) is 209 Å². The van der Waals surface area contributed by atoms with Crippen LogP contribution in [0.15, 0.2) is 12.2 Å². The lowest BCUT2D eigenvalue weighted by Gasteiger charge is -2.47. The first kappa shape index (κ1) is 54.8. The Labute approximate surface area is 376 Å². The van der Waals surface area contributed by atoms with Crippen molar-refractivity contribution in [1.82, 2.24) is 24.5 Å². The number of nitrogens with zero attached hydrogens (tertiary/aromatic N) is 5. The van der Waals surface area contributed by atoms with Gasteiger partial charge in [-0.3, -0.25) is 33.9 Å². The van der Waals surface area contributed by atoms with E-state index >= 15 is 0 Å². The quantitative estimate of drug-likeness (QED) is 0.0539. The molecule has 0 radical (unpaired) electrons. The summed E-state index contributed by atoms with van der Waals surface area (Å²) in [5.41, 5.74) is 0. The van der Waals surface area contributed by atoms with Gasteiger partial charge in [0.25, 0.3) is 11.8 Å². The van der Waals surface area contributed by atoms with E-state index in [1.165, 1.54) is 24.2 Å². The van der Waals surface area contributed by atoms with E-state index in [1.807, 2.05) is 0 Å². The van der Waals surface area contributed by atoms with Gasteiger partial charge >= 0.3 is 11.9 Å². The number of hydrogen-bond donors (Lipinski definition) is 5. The third kappa shape index (κ3) is 21.5. The van der Waals surface area contributed by atoms with E-state index < -0.39 is 48.7 Å². The number of carboxylic acid groups (broad SMARTS) is 2. The monoisotopic (exact) mass is 898 g/mol. The highest BCUT2D eigenvalue weighted by atomic mass is 16.7. The van der Waals surface area contributed by atoms with E-state index in [-0.39, 0.29) is 24.9 Å². The molecule has 0 aromatic carbocycles. The molecule has 3 aliphatic heterocycles. The molecule has 3 unspecified atom stereocenters. The van der Waals surface area contributed by atoms with Crippen molar-refractivity contribution >= 4 is 23.8 Å². The molecule has 5 N–H and O–H groups in total. The first-order chi connectivity index (χ1) is 30.4. The van der Waals surface area contributed by atoms with E-state index in [0.29, 0.717) is 39.3 Å². The average molecular weight is 898 g/mol. The number of carboxylic acids is 2. The molecule has 2 saturated heterocycles. The first-order valence-corrected chi connectivity index (χ1v) is 24.0. The fourth-order valence-corrected chi connectivity index (χ4v) is 9.05. The van der Waals surface area contributed by atoms with Crippen LogP contribution in [-0.2, 0) is 33.4 Å². The van der Waals surface area contributed by atoms with Crippen molar-refractivity contribution in [2.45, 2.75) is 153 Å². The summed E-state index contributed by atoms with van der Waals surface area (Å²) in [7, 11) is 1.43. The van der Waals surface area contributed by atoms with E-state index in [0.717, 1.165) is 155 Å². The minimum Gasteiger partial charge on any atom is -0.480 e. The molecule has 0 spiro atoms. The molecule has 0 saturated carbocycles. The Morgan fingerprint density at radius 2 is 1.02 bits per heavy atom. The second-order valence-electron chi connectivity index (χ2n) is 17.9. The highest BCUT2D eigenvalue weighted by Crippen LogP contribution is 2.33. The minimum absolute atomic E-state index is 0.0241. The van der Waals surface area contributed by atoms with Gasteiger partial charge in [0.1, 0.15) is 24.4 Å². The molecular formula is C46H83N5O12. The summed E-state index contributed by atoms with van der Waals surface area (Å²) in [5, 5.41) is 49.6. The fourth-order valence-electron chi connectivity index (χ4n) is 9.05. The molecule has 17 heteroatoms. The largest absolute Gasteiger partial charge is 0.480 e. The van der Waals surface area contributed by atoms with Crippen molar-refractivity contribution < 1.29 is 58.9 Å². The lowest BCUT2D eigenvalue weighted by Crippen LogP contribution is -2.65. The number of aliphatic carboxylic acids is 2. The lowest BCUT2D eigenvalue weighted by molar-refractivity contribution is -0.360. The molecule has 3 aliphatic rings. The van der Waals surface area contributed by atoms with Gasteiger partial charge in [0.2, 0.25) is 0 Å². The summed E-state index contributed by atoms with van der Waals surface area (Å²) in [6.45, 7) is 10.1. The van der Waals surface area contributed by atoms with E-state index in [1.54, 1.807) is 6.92 Å². The van der Waals surface area contributed by atoms with Crippen LogP contribution in [0.3, 0.4) is 0 Å². The maximum Gasteiger partial charge on any atom is 0.317 e. The van der Waals surface area contributed by atoms with Gasteiger partial charge in [-0.25, -0.2) is 0 Å². The van der Waals surface area contributed by atoms with Gasteiger partial charge in [-0.05, 0) is 71.6 Å². The standard InChI is InChI=1S/C46H83N5O12/c1-46(45(61-2)44(60)43(59)38(37-52)63-46)62-34-18-14-10-6-5-8-12-16-24-48-26-20-28-49(35-41(55)56)32-30-47(25-19-27-50(33-31-48)36-42(57)58)23-15-11-7-3-4-9-13-17-29-51-39(53)21-22-40(51)54/h21-22,38,43-45,52,59-60H,3-20,23-37H2,1-2H3,(H,55,56)(H,57,58)/t38?,43-,44?,45?,46-/m1/s1. The maximum atomic E-state index is 11.8. The maximum absolute atomic E-state index is 11.8. The Hall–Kier alpha value is -2.58. The van der Waals surface area contributed by atoms with Gasteiger partial charge in [-0.2, -0.15) is 0 Å². The number of aliphatic hydroxyl groups is 3. The summed E-state index contributed by atoms with van der Waals surface area (Å²) in [6.07, 6.45) is 17.0. The van der Waals surface area contributed by atoms with Crippen LogP contribution >= 0.6 is 0 Å². The third-order valence-electron chi connectivity index (χ3n) is 12.7. The molecule has 2 fully saturated rings. The number of carbonyl (C=O) groups excluding carboxylic acids is 2. The molecule has 3 rings (SSSR count). The van der Waals surface area contributed by atoms with Crippen molar-refractivity contribution in [2.24, 2.45) is 0 Å². The van der Waals surface area contributed by atoms with Crippen LogP contribution in [0.4, 0.5) is 0 Å². The number of hydrogen-bond acceptors (Lipinski definition) is 14. The van der Waals surface area contributed by atoms with E-state index in [4.69, 9.17) is 14.2 Å². The Balaban J connectivity index is 1.33. The van der Waals surface area contributed by atoms with Crippen molar-refractivity contribution in [1.29, 1.82) is 0 Å². The SMILES string of the molecule is COC1C(O)[C@H](O)C(CO)O[C@@]1(C)OCCCCCCCCCCN1CCCN(CC(=O)O)CCN(CCCCCCCCCCN2C(=O)C=CC2=O)CCCN(CC(=O)O)CC1. The van der Waals surface area contributed by atoms with Crippen LogP contribution in [0, 0.1) is 0 Å². The summed E-state index contributed by atoms with van der Waals surface area (Å²) in [5.74, 6) is -3.32. The highest BCUT2D eigenvalue weighted by Gasteiger charge is 2.52. The predicted molar refractivity (Wildman–Crippen MR) is 239 cm³/mol. The minimum atomic E-state index is -1.27. The zero-order chi connectivity index (χ0) is 45.9. The number of ether oxygens (including phenoxy) is 3. The van der Waals surface area contributed by atoms with Gasteiger partial charge in [-0.1, -0.05) is 77.0 Å². The molecule has 0 aromatic heterocycles.